The van der Waals surface area contributed by atoms with Crippen LogP contribution in [0.15, 0.2) is 65.4 Å². The molecular weight excluding hydrogens is 397 g/mol. The lowest BCUT2D eigenvalue weighted by Gasteiger charge is -2.47. The lowest BCUT2D eigenvalue weighted by atomic mass is 9.92. The molecule has 2 unspecified atom stereocenters. The second-order valence-electron chi connectivity index (χ2n) is 6.39. The highest BCUT2D eigenvalue weighted by atomic mass is 32.2. The van der Waals surface area contributed by atoms with Gasteiger partial charge in [0, 0.05) is 16.6 Å². The van der Waals surface area contributed by atoms with Crippen LogP contribution in [0.1, 0.15) is 22.0 Å². The Balaban J connectivity index is 1.58. The number of benzene rings is 2. The zero-order chi connectivity index (χ0) is 19.7. The molecule has 142 valence electrons. The minimum atomic E-state index is -0.419. The van der Waals surface area contributed by atoms with Crippen LogP contribution in [0.3, 0.4) is 0 Å². The van der Waals surface area contributed by atoms with Crippen molar-refractivity contribution in [3.05, 3.63) is 82.3 Å². The number of aromatic hydroxyl groups is 1. The Kier molecular flexibility index (Phi) is 5.19. The van der Waals surface area contributed by atoms with Gasteiger partial charge in [-0.15, -0.1) is 11.8 Å². The van der Waals surface area contributed by atoms with E-state index in [2.05, 4.69) is 0 Å². The van der Waals surface area contributed by atoms with E-state index in [1.54, 1.807) is 52.7 Å². The number of Topliss-reactive ketones (excluding diaryl/α,β-unsaturated/α-hetero) is 1. The van der Waals surface area contributed by atoms with Crippen molar-refractivity contribution in [1.82, 2.24) is 0 Å². The van der Waals surface area contributed by atoms with Crippen molar-refractivity contribution >= 4 is 40.5 Å². The molecule has 1 aromatic heterocycles. The molecule has 2 heterocycles. The Morgan fingerprint density at radius 3 is 2.46 bits per heavy atom. The summed E-state index contributed by atoms with van der Waals surface area (Å²) in [6.45, 7) is 0. The number of β-lactam (4-membered cyclic amide) rings is 1. The third kappa shape index (κ3) is 3.55. The molecule has 3 aromatic rings. The Bertz CT molecular complexity index is 988. The summed E-state index contributed by atoms with van der Waals surface area (Å²) in [7, 11) is 0. The number of carbonyl (C=O) groups excluding carboxylic acids is 2. The minimum absolute atomic E-state index is 0.0104. The number of thioether (sulfide) groups is 1. The van der Waals surface area contributed by atoms with Gasteiger partial charge in [-0.05, 0) is 53.4 Å². The fourth-order valence-corrected chi connectivity index (χ4v) is 5.06. The molecule has 7 heteroatoms. The number of ketones is 1. The third-order valence-corrected chi connectivity index (χ3v) is 6.55. The van der Waals surface area contributed by atoms with E-state index in [4.69, 9.17) is 0 Å². The average molecular weight is 413 g/mol. The Morgan fingerprint density at radius 2 is 1.82 bits per heavy atom. The van der Waals surface area contributed by atoms with Crippen molar-refractivity contribution in [3.63, 3.8) is 0 Å². The first-order valence-electron chi connectivity index (χ1n) is 8.59. The first-order valence-corrected chi connectivity index (χ1v) is 10.6. The molecule has 0 aliphatic carbocycles. The molecule has 1 saturated heterocycles. The van der Waals surface area contributed by atoms with Crippen LogP contribution in [0.5, 0.6) is 5.75 Å². The van der Waals surface area contributed by atoms with Gasteiger partial charge in [-0.2, -0.15) is 11.3 Å². The number of rotatable bonds is 6. The van der Waals surface area contributed by atoms with Crippen molar-refractivity contribution in [1.29, 1.82) is 0 Å². The highest BCUT2D eigenvalue weighted by Gasteiger charge is 2.49. The second-order valence-corrected chi connectivity index (χ2v) is 8.30. The third-order valence-electron chi connectivity index (χ3n) is 4.62. The summed E-state index contributed by atoms with van der Waals surface area (Å²) >= 11 is 2.77. The van der Waals surface area contributed by atoms with Gasteiger partial charge in [0.15, 0.2) is 5.78 Å². The van der Waals surface area contributed by atoms with Crippen molar-refractivity contribution in [2.24, 2.45) is 0 Å². The monoisotopic (exact) mass is 413 g/mol. The summed E-state index contributed by atoms with van der Waals surface area (Å²) in [4.78, 5) is 26.8. The molecule has 2 aromatic carbocycles. The predicted octanol–water partition coefficient (Wildman–Crippen LogP) is 4.67. The average Bonchev–Trinajstić information content (AvgIpc) is 3.23. The van der Waals surface area contributed by atoms with E-state index in [-0.39, 0.29) is 35.1 Å². The number of halogens is 1. The fraction of sp³-hybridized carbons (Fsp3) is 0.143. The molecule has 1 aliphatic rings. The van der Waals surface area contributed by atoms with Crippen LogP contribution in [-0.2, 0) is 4.79 Å². The van der Waals surface area contributed by atoms with Crippen LogP contribution in [-0.4, -0.2) is 27.8 Å². The number of anilines is 1. The molecule has 28 heavy (non-hydrogen) atoms. The van der Waals surface area contributed by atoms with E-state index < -0.39 is 5.25 Å². The number of phenols is 1. The van der Waals surface area contributed by atoms with Gasteiger partial charge in [0.2, 0.25) is 5.91 Å². The van der Waals surface area contributed by atoms with Gasteiger partial charge in [-0.1, -0.05) is 12.1 Å². The SMILES string of the molecule is O=C(CSC1C(=O)N(c2ccc(F)cc2)C1c1ccc(O)cc1)c1ccsc1. The second kappa shape index (κ2) is 7.77. The van der Waals surface area contributed by atoms with Crippen LogP contribution in [0.25, 0.3) is 0 Å². The number of carbonyl (C=O) groups is 2. The van der Waals surface area contributed by atoms with Gasteiger partial charge in [0.25, 0.3) is 0 Å². The Labute approximate surface area is 169 Å². The van der Waals surface area contributed by atoms with E-state index in [9.17, 15) is 19.1 Å². The van der Waals surface area contributed by atoms with Gasteiger partial charge >= 0.3 is 0 Å². The van der Waals surface area contributed by atoms with Gasteiger partial charge in [0.1, 0.15) is 16.8 Å². The number of hydrogen-bond acceptors (Lipinski definition) is 5. The molecule has 1 aliphatic heterocycles. The van der Waals surface area contributed by atoms with Gasteiger partial charge < -0.3 is 10.0 Å². The van der Waals surface area contributed by atoms with E-state index in [0.29, 0.717) is 11.3 Å². The topological polar surface area (TPSA) is 57.6 Å². The number of hydrogen-bond donors (Lipinski definition) is 1. The fourth-order valence-electron chi connectivity index (χ4n) is 3.18. The highest BCUT2D eigenvalue weighted by Crippen LogP contribution is 2.45. The predicted molar refractivity (Wildman–Crippen MR) is 110 cm³/mol. The van der Waals surface area contributed by atoms with Crippen LogP contribution in [0.2, 0.25) is 0 Å². The molecule has 1 fully saturated rings. The van der Waals surface area contributed by atoms with Crippen LogP contribution >= 0.6 is 23.1 Å². The molecular formula is C21H16FNO3S2. The quantitative estimate of drug-likeness (QED) is 0.471. The van der Waals surface area contributed by atoms with Crippen LogP contribution < -0.4 is 4.90 Å². The van der Waals surface area contributed by atoms with Crippen molar-refractivity contribution in [2.45, 2.75) is 11.3 Å². The molecule has 2 atom stereocenters. The standard InChI is InChI=1S/C21H16FNO3S2/c22-15-3-5-16(6-4-15)23-19(13-1-7-17(24)8-2-13)20(21(23)26)28-12-18(25)14-9-10-27-11-14/h1-11,19-20,24H,12H2. The van der Waals surface area contributed by atoms with Gasteiger partial charge in [0.05, 0.1) is 11.8 Å². The maximum absolute atomic E-state index is 13.3. The van der Waals surface area contributed by atoms with Crippen molar-refractivity contribution < 1.29 is 19.1 Å². The van der Waals surface area contributed by atoms with E-state index in [1.807, 2.05) is 5.38 Å². The zero-order valence-corrected chi connectivity index (χ0v) is 16.3. The number of thiophene rings is 1. The summed E-state index contributed by atoms with van der Waals surface area (Å²) in [6, 6.07) is 13.9. The molecule has 0 saturated carbocycles. The molecule has 0 radical (unpaired) electrons. The van der Waals surface area contributed by atoms with Crippen LogP contribution in [0, 0.1) is 5.82 Å². The largest absolute Gasteiger partial charge is 0.508 e. The lowest BCUT2D eigenvalue weighted by Crippen LogP contribution is -2.57. The van der Waals surface area contributed by atoms with Crippen molar-refractivity contribution in [2.75, 3.05) is 10.7 Å². The summed E-state index contributed by atoms with van der Waals surface area (Å²) in [5.74, 6) is -0.153. The summed E-state index contributed by atoms with van der Waals surface area (Å²) < 4.78 is 13.3. The molecule has 4 rings (SSSR count). The first kappa shape index (κ1) is 18.7. The molecule has 1 N–H and O–H groups in total. The maximum Gasteiger partial charge on any atom is 0.243 e. The summed E-state index contributed by atoms with van der Waals surface area (Å²) in [5.41, 5.74) is 2.11. The molecule has 0 spiro atoms. The highest BCUT2D eigenvalue weighted by molar-refractivity contribution is 8.01. The normalized spacial score (nSPS) is 18.8. The number of phenolic OH excluding ortho intramolecular Hbond substituents is 1. The first-order chi connectivity index (χ1) is 13.5. The van der Waals surface area contributed by atoms with Crippen LogP contribution in [0.4, 0.5) is 10.1 Å². The Hall–Kier alpha value is -2.64. The maximum atomic E-state index is 13.3. The zero-order valence-electron chi connectivity index (χ0n) is 14.6. The van der Waals surface area contributed by atoms with E-state index in [1.165, 1.54) is 35.2 Å². The van der Waals surface area contributed by atoms with Gasteiger partial charge in [-0.3, -0.25) is 9.59 Å². The molecule has 1 amide bonds. The summed E-state index contributed by atoms with van der Waals surface area (Å²) in [6.07, 6.45) is 0. The van der Waals surface area contributed by atoms with Crippen molar-refractivity contribution in [3.8, 4) is 5.75 Å². The number of nitrogens with zero attached hydrogens (tertiary/aromatic N) is 1. The van der Waals surface area contributed by atoms with E-state index in [0.717, 1.165) is 5.56 Å². The summed E-state index contributed by atoms with van der Waals surface area (Å²) in [5, 5.41) is 12.8. The molecule has 4 nitrogen and oxygen atoms in total. The lowest BCUT2D eigenvalue weighted by molar-refractivity contribution is -0.123. The smallest absolute Gasteiger partial charge is 0.243 e. The minimum Gasteiger partial charge on any atom is -0.508 e. The van der Waals surface area contributed by atoms with E-state index >= 15 is 0 Å². The molecule has 0 bridgehead atoms. The van der Waals surface area contributed by atoms with Gasteiger partial charge in [-0.25, -0.2) is 4.39 Å². The Morgan fingerprint density at radius 1 is 1.11 bits per heavy atom. The number of amides is 1.